The van der Waals surface area contributed by atoms with Crippen LogP contribution in [0.3, 0.4) is 0 Å². The van der Waals surface area contributed by atoms with Gasteiger partial charge in [0.1, 0.15) is 6.61 Å². The van der Waals surface area contributed by atoms with Crippen molar-refractivity contribution in [3.8, 4) is 5.88 Å². The van der Waals surface area contributed by atoms with Gasteiger partial charge >= 0.3 is 0 Å². The molecule has 2 aromatic heterocycles. The highest BCUT2D eigenvalue weighted by atomic mass is 16.5. The predicted octanol–water partition coefficient (Wildman–Crippen LogP) is 3.13. The lowest BCUT2D eigenvalue weighted by atomic mass is 10.2. The molecule has 2 N–H and O–H groups in total. The van der Waals surface area contributed by atoms with Gasteiger partial charge < -0.3 is 14.7 Å². The Hall–Kier alpha value is -2.96. The Bertz CT molecular complexity index is 674. The molecule has 7 heteroatoms. The molecule has 0 unspecified atom stereocenters. The molecule has 1 aromatic carbocycles. The van der Waals surface area contributed by atoms with Crippen molar-refractivity contribution in [3.05, 3.63) is 54.5 Å². The lowest BCUT2D eigenvalue weighted by Gasteiger charge is -2.01. The van der Waals surface area contributed by atoms with Crippen LogP contribution in [-0.4, -0.2) is 19.9 Å². The van der Waals surface area contributed by atoms with E-state index in [1.54, 1.807) is 18.6 Å². The third-order valence-electron chi connectivity index (χ3n) is 2.49. The van der Waals surface area contributed by atoms with Crippen molar-refractivity contribution in [2.24, 2.45) is 10.2 Å². The van der Waals surface area contributed by atoms with E-state index < -0.39 is 0 Å². The fraction of sp³-hybridized carbons (Fsp3) is 0.0769. The van der Waals surface area contributed by atoms with Crippen LogP contribution in [0.1, 0.15) is 5.56 Å². The zero-order chi connectivity index (χ0) is 13.6. The van der Waals surface area contributed by atoms with Crippen LogP contribution in [0.4, 0.5) is 11.9 Å². The number of H-pyrrole nitrogens is 2. The summed E-state index contributed by atoms with van der Waals surface area (Å²) in [5, 5.41) is 7.79. The van der Waals surface area contributed by atoms with Gasteiger partial charge in [0, 0.05) is 12.4 Å². The number of benzene rings is 1. The zero-order valence-electron chi connectivity index (χ0n) is 10.5. The van der Waals surface area contributed by atoms with E-state index in [1.165, 1.54) is 0 Å². The standard InChI is InChI=1S/C13H12N6O/c1-2-4-10(5-3-1)9-20-11-8-16-13(17-11)19-18-12-14-6-7-15-12/h1-8H,9H2,(H,14,15)(H,16,17). The Morgan fingerprint density at radius 3 is 2.70 bits per heavy atom. The molecule has 20 heavy (non-hydrogen) atoms. The highest BCUT2D eigenvalue weighted by Crippen LogP contribution is 2.16. The predicted molar refractivity (Wildman–Crippen MR) is 72.1 cm³/mol. The van der Waals surface area contributed by atoms with Gasteiger partial charge in [-0.25, -0.2) is 4.98 Å². The molecule has 0 aliphatic carbocycles. The number of hydrogen-bond donors (Lipinski definition) is 2. The van der Waals surface area contributed by atoms with Crippen LogP contribution in [0.5, 0.6) is 5.88 Å². The number of azo groups is 1. The van der Waals surface area contributed by atoms with E-state index in [9.17, 15) is 0 Å². The van der Waals surface area contributed by atoms with Crippen molar-refractivity contribution < 1.29 is 4.74 Å². The Kier molecular flexibility index (Phi) is 3.50. The SMILES string of the molecule is c1ccc(COc2c[nH]c(N=Nc3ncc[nH]3)n2)cc1. The molecule has 3 aromatic rings. The topological polar surface area (TPSA) is 91.3 Å². The number of imidazole rings is 2. The molecule has 7 nitrogen and oxygen atoms in total. The van der Waals surface area contributed by atoms with E-state index >= 15 is 0 Å². The number of aromatic nitrogens is 4. The van der Waals surface area contributed by atoms with Crippen molar-refractivity contribution >= 4 is 11.9 Å². The summed E-state index contributed by atoms with van der Waals surface area (Å²) in [6.45, 7) is 0.459. The quantitative estimate of drug-likeness (QED) is 0.696. The van der Waals surface area contributed by atoms with Crippen molar-refractivity contribution in [2.75, 3.05) is 0 Å². The van der Waals surface area contributed by atoms with Crippen LogP contribution in [0.2, 0.25) is 0 Å². The highest BCUT2D eigenvalue weighted by molar-refractivity contribution is 5.23. The van der Waals surface area contributed by atoms with Crippen LogP contribution >= 0.6 is 0 Å². The van der Waals surface area contributed by atoms with Gasteiger partial charge in [0.15, 0.2) is 0 Å². The summed E-state index contributed by atoms with van der Waals surface area (Å²) >= 11 is 0. The van der Waals surface area contributed by atoms with Crippen molar-refractivity contribution in [2.45, 2.75) is 6.61 Å². The number of hydrogen-bond acceptors (Lipinski definition) is 5. The third kappa shape index (κ3) is 3.08. The number of ether oxygens (including phenoxy) is 1. The van der Waals surface area contributed by atoms with E-state index in [0.717, 1.165) is 5.56 Å². The van der Waals surface area contributed by atoms with Gasteiger partial charge in [-0.15, -0.1) is 10.2 Å². The Labute approximate surface area is 114 Å². The summed E-state index contributed by atoms with van der Waals surface area (Å²) in [4.78, 5) is 13.8. The summed E-state index contributed by atoms with van der Waals surface area (Å²) < 4.78 is 5.54. The van der Waals surface area contributed by atoms with Gasteiger partial charge in [-0.1, -0.05) is 30.3 Å². The smallest absolute Gasteiger partial charge is 0.250 e. The number of aromatic amines is 2. The third-order valence-corrected chi connectivity index (χ3v) is 2.49. The molecule has 100 valence electrons. The first-order chi connectivity index (χ1) is 9.90. The molecule has 0 aliphatic rings. The van der Waals surface area contributed by atoms with Crippen molar-refractivity contribution in [3.63, 3.8) is 0 Å². The minimum Gasteiger partial charge on any atom is -0.472 e. The van der Waals surface area contributed by atoms with Crippen LogP contribution in [-0.2, 0) is 6.61 Å². The van der Waals surface area contributed by atoms with Gasteiger partial charge in [0.05, 0.1) is 6.20 Å². The number of nitrogens with zero attached hydrogens (tertiary/aromatic N) is 4. The molecule has 3 rings (SSSR count). The lowest BCUT2D eigenvalue weighted by molar-refractivity contribution is 0.295. The van der Waals surface area contributed by atoms with Crippen molar-refractivity contribution in [1.82, 2.24) is 19.9 Å². The average Bonchev–Trinajstić information content (AvgIpc) is 3.16. The second kappa shape index (κ2) is 5.79. The summed E-state index contributed by atoms with van der Waals surface area (Å²) in [6.07, 6.45) is 4.91. The zero-order valence-corrected chi connectivity index (χ0v) is 10.5. The monoisotopic (exact) mass is 268 g/mol. The second-order valence-corrected chi connectivity index (χ2v) is 3.95. The Morgan fingerprint density at radius 1 is 1.05 bits per heavy atom. The lowest BCUT2D eigenvalue weighted by Crippen LogP contribution is -1.94. The molecule has 0 saturated heterocycles. The fourth-order valence-electron chi connectivity index (χ4n) is 1.56. The van der Waals surface area contributed by atoms with Gasteiger partial charge in [0.2, 0.25) is 17.8 Å². The molecular formula is C13H12N6O. The summed E-state index contributed by atoms with van der Waals surface area (Å²) in [5.41, 5.74) is 1.08. The highest BCUT2D eigenvalue weighted by Gasteiger charge is 2.01. The molecule has 0 aliphatic heterocycles. The molecule has 0 atom stereocenters. The Morgan fingerprint density at radius 2 is 1.90 bits per heavy atom. The van der Waals surface area contributed by atoms with Gasteiger partial charge in [-0.05, 0) is 5.56 Å². The van der Waals surface area contributed by atoms with Gasteiger partial charge in [0.25, 0.3) is 0 Å². The van der Waals surface area contributed by atoms with E-state index in [2.05, 4.69) is 30.2 Å². The number of nitrogens with one attached hydrogen (secondary N) is 2. The first-order valence-electron chi connectivity index (χ1n) is 6.03. The minimum atomic E-state index is 0.365. The average molecular weight is 268 g/mol. The number of rotatable bonds is 5. The first kappa shape index (κ1) is 12.1. The van der Waals surface area contributed by atoms with E-state index in [4.69, 9.17) is 4.74 Å². The molecule has 0 bridgehead atoms. The maximum Gasteiger partial charge on any atom is 0.250 e. The maximum atomic E-state index is 5.54. The van der Waals surface area contributed by atoms with E-state index in [0.29, 0.717) is 24.4 Å². The maximum absolute atomic E-state index is 5.54. The summed E-state index contributed by atoms with van der Waals surface area (Å²) in [6, 6.07) is 9.87. The Balaban J connectivity index is 1.59. The normalized spacial score (nSPS) is 11.0. The molecule has 0 radical (unpaired) electrons. The summed E-state index contributed by atoms with van der Waals surface area (Å²) in [7, 11) is 0. The van der Waals surface area contributed by atoms with Crippen LogP contribution in [0.25, 0.3) is 0 Å². The minimum absolute atomic E-state index is 0.365. The van der Waals surface area contributed by atoms with Gasteiger partial charge in [-0.3, -0.25) is 0 Å². The van der Waals surface area contributed by atoms with Crippen LogP contribution in [0.15, 0.2) is 59.2 Å². The van der Waals surface area contributed by atoms with E-state index in [-0.39, 0.29) is 0 Å². The molecule has 0 amide bonds. The second-order valence-electron chi connectivity index (χ2n) is 3.95. The largest absolute Gasteiger partial charge is 0.472 e. The molecule has 0 saturated carbocycles. The fourth-order valence-corrected chi connectivity index (χ4v) is 1.56. The van der Waals surface area contributed by atoms with Crippen molar-refractivity contribution in [1.29, 1.82) is 0 Å². The molecular weight excluding hydrogens is 256 g/mol. The van der Waals surface area contributed by atoms with Gasteiger partial charge in [-0.2, -0.15) is 4.98 Å². The molecule has 2 heterocycles. The van der Waals surface area contributed by atoms with E-state index in [1.807, 2.05) is 30.3 Å². The molecule has 0 spiro atoms. The van der Waals surface area contributed by atoms with Crippen LogP contribution < -0.4 is 4.74 Å². The van der Waals surface area contributed by atoms with Crippen LogP contribution in [0, 0.1) is 0 Å². The first-order valence-corrected chi connectivity index (χ1v) is 6.03. The summed E-state index contributed by atoms with van der Waals surface area (Å²) in [5.74, 6) is 1.26. The molecule has 0 fully saturated rings.